The molecule has 0 atom stereocenters. The Hall–Kier alpha value is -1.39. The third-order valence-electron chi connectivity index (χ3n) is 2.90. The second kappa shape index (κ2) is 6.86. The van der Waals surface area contributed by atoms with E-state index in [0.29, 0.717) is 23.1 Å². The van der Waals surface area contributed by atoms with Crippen LogP contribution in [0.2, 0.25) is 5.02 Å². The molecule has 0 bridgehead atoms. The molecule has 5 heteroatoms. The summed E-state index contributed by atoms with van der Waals surface area (Å²) in [7, 11) is 3.24. The zero-order valence-corrected chi connectivity index (χ0v) is 13.6. The van der Waals surface area contributed by atoms with E-state index in [2.05, 4.69) is 21.2 Å². The number of halogens is 2. The number of methoxy groups -OCH3 is 2. The monoisotopic (exact) mass is 355 g/mol. The van der Waals surface area contributed by atoms with Gasteiger partial charge in [-0.15, -0.1) is 0 Å². The van der Waals surface area contributed by atoms with Gasteiger partial charge in [0, 0.05) is 11.0 Å². The Bertz CT molecular complexity index is 604. The molecule has 0 spiro atoms. The molecule has 106 valence electrons. The zero-order chi connectivity index (χ0) is 14.5. The summed E-state index contributed by atoms with van der Waals surface area (Å²) in [5, 5.41) is 4.00. The Balaban J connectivity index is 2.19. The molecule has 0 aromatic heterocycles. The van der Waals surface area contributed by atoms with Crippen molar-refractivity contribution in [2.45, 2.75) is 6.54 Å². The molecule has 2 aromatic carbocycles. The fraction of sp³-hybridized carbons (Fsp3) is 0.200. The van der Waals surface area contributed by atoms with Gasteiger partial charge < -0.3 is 14.8 Å². The van der Waals surface area contributed by atoms with Crippen LogP contribution >= 0.6 is 27.5 Å². The van der Waals surface area contributed by atoms with Gasteiger partial charge in [-0.2, -0.15) is 0 Å². The van der Waals surface area contributed by atoms with Crippen molar-refractivity contribution in [2.24, 2.45) is 0 Å². The Labute approximate surface area is 132 Å². The lowest BCUT2D eigenvalue weighted by Gasteiger charge is -2.13. The van der Waals surface area contributed by atoms with Crippen LogP contribution in [0.15, 0.2) is 40.9 Å². The Morgan fingerprint density at radius 3 is 2.40 bits per heavy atom. The minimum absolute atomic E-state index is 0.630. The molecule has 0 saturated carbocycles. The number of rotatable bonds is 5. The second-order valence-electron chi connectivity index (χ2n) is 4.13. The number of anilines is 1. The van der Waals surface area contributed by atoms with Crippen LogP contribution in [-0.2, 0) is 6.54 Å². The van der Waals surface area contributed by atoms with E-state index in [1.165, 1.54) is 0 Å². The second-order valence-corrected chi connectivity index (χ2v) is 5.39. The molecule has 0 unspecified atom stereocenters. The molecule has 2 aromatic rings. The molecule has 0 aliphatic rings. The summed E-state index contributed by atoms with van der Waals surface area (Å²) in [5.74, 6) is 1.40. The topological polar surface area (TPSA) is 30.5 Å². The molecule has 2 rings (SSSR count). The minimum Gasteiger partial charge on any atom is -0.493 e. The van der Waals surface area contributed by atoms with Crippen LogP contribution in [0.3, 0.4) is 0 Å². The molecule has 0 amide bonds. The lowest BCUT2D eigenvalue weighted by atomic mass is 10.2. The summed E-state index contributed by atoms with van der Waals surface area (Å²) in [6.45, 7) is 0.630. The van der Waals surface area contributed by atoms with Gasteiger partial charge in [-0.05, 0) is 29.8 Å². The molecule has 3 nitrogen and oxygen atoms in total. The first-order valence-corrected chi connectivity index (χ1v) is 7.21. The van der Waals surface area contributed by atoms with E-state index in [4.69, 9.17) is 21.1 Å². The predicted octanol–water partition coefficient (Wildman–Crippen LogP) is 4.73. The minimum atomic E-state index is 0.630. The Kier molecular flexibility index (Phi) is 5.15. The van der Waals surface area contributed by atoms with E-state index in [1.807, 2.05) is 36.4 Å². The zero-order valence-electron chi connectivity index (χ0n) is 11.2. The van der Waals surface area contributed by atoms with Crippen LogP contribution in [0, 0.1) is 0 Å². The summed E-state index contributed by atoms with van der Waals surface area (Å²) < 4.78 is 11.5. The first-order valence-electron chi connectivity index (χ1n) is 6.04. The molecule has 1 N–H and O–H groups in total. The van der Waals surface area contributed by atoms with Gasteiger partial charge >= 0.3 is 0 Å². The SMILES string of the molecule is COc1cc(Br)c(CNc2ccccc2Cl)cc1OC. The summed E-state index contributed by atoms with van der Waals surface area (Å²) >= 11 is 9.65. The predicted molar refractivity (Wildman–Crippen MR) is 86.0 cm³/mol. The molecule has 20 heavy (non-hydrogen) atoms. The van der Waals surface area contributed by atoms with Crippen LogP contribution in [-0.4, -0.2) is 14.2 Å². The van der Waals surface area contributed by atoms with Gasteiger partial charge in [0.1, 0.15) is 0 Å². The normalized spacial score (nSPS) is 10.2. The third-order valence-corrected chi connectivity index (χ3v) is 3.96. The Morgan fingerprint density at radius 1 is 1.10 bits per heavy atom. The summed E-state index contributed by atoms with van der Waals surface area (Å²) in [4.78, 5) is 0. The highest BCUT2D eigenvalue weighted by Crippen LogP contribution is 2.34. The third kappa shape index (κ3) is 3.38. The van der Waals surface area contributed by atoms with E-state index in [0.717, 1.165) is 15.7 Å². The van der Waals surface area contributed by atoms with Crippen molar-refractivity contribution in [3.05, 3.63) is 51.5 Å². The highest BCUT2D eigenvalue weighted by molar-refractivity contribution is 9.10. The molecular formula is C15H15BrClNO2. The molecule has 0 fully saturated rings. The molecule has 0 aliphatic heterocycles. The number of hydrogen-bond donors (Lipinski definition) is 1. The van der Waals surface area contributed by atoms with Gasteiger partial charge in [0.25, 0.3) is 0 Å². The molecular weight excluding hydrogens is 342 g/mol. The van der Waals surface area contributed by atoms with Crippen molar-refractivity contribution in [3.63, 3.8) is 0 Å². The summed E-state index contributed by atoms with van der Waals surface area (Å²) in [6.07, 6.45) is 0. The van der Waals surface area contributed by atoms with Crippen LogP contribution in [0.5, 0.6) is 11.5 Å². The van der Waals surface area contributed by atoms with Crippen molar-refractivity contribution in [1.82, 2.24) is 0 Å². The Morgan fingerprint density at radius 2 is 1.75 bits per heavy atom. The lowest BCUT2D eigenvalue weighted by Crippen LogP contribution is -2.02. The van der Waals surface area contributed by atoms with Gasteiger partial charge in [0.2, 0.25) is 0 Å². The van der Waals surface area contributed by atoms with Crippen molar-refractivity contribution in [2.75, 3.05) is 19.5 Å². The number of benzene rings is 2. The number of ether oxygens (including phenoxy) is 2. The highest BCUT2D eigenvalue weighted by atomic mass is 79.9. The van der Waals surface area contributed by atoms with E-state index in [9.17, 15) is 0 Å². The van der Waals surface area contributed by atoms with Crippen LogP contribution in [0.1, 0.15) is 5.56 Å². The van der Waals surface area contributed by atoms with E-state index < -0.39 is 0 Å². The lowest BCUT2D eigenvalue weighted by molar-refractivity contribution is 0.354. The van der Waals surface area contributed by atoms with Gasteiger partial charge in [-0.3, -0.25) is 0 Å². The number of hydrogen-bond acceptors (Lipinski definition) is 3. The maximum atomic E-state index is 6.12. The standard InChI is InChI=1S/C15H15BrClNO2/c1-19-14-7-10(11(16)8-15(14)20-2)9-18-13-6-4-3-5-12(13)17/h3-8,18H,9H2,1-2H3. The fourth-order valence-electron chi connectivity index (χ4n) is 1.83. The summed E-state index contributed by atoms with van der Waals surface area (Å²) in [6, 6.07) is 11.5. The van der Waals surface area contributed by atoms with Gasteiger partial charge in [0.15, 0.2) is 11.5 Å². The van der Waals surface area contributed by atoms with Gasteiger partial charge in [-0.1, -0.05) is 39.7 Å². The molecule has 0 aliphatic carbocycles. The van der Waals surface area contributed by atoms with Crippen LogP contribution in [0.4, 0.5) is 5.69 Å². The van der Waals surface area contributed by atoms with Crippen molar-refractivity contribution < 1.29 is 9.47 Å². The van der Waals surface area contributed by atoms with Gasteiger partial charge in [-0.25, -0.2) is 0 Å². The first kappa shape index (κ1) is 15.0. The highest BCUT2D eigenvalue weighted by Gasteiger charge is 2.09. The van der Waals surface area contributed by atoms with Crippen molar-refractivity contribution >= 4 is 33.2 Å². The van der Waals surface area contributed by atoms with E-state index in [-0.39, 0.29) is 0 Å². The van der Waals surface area contributed by atoms with Crippen molar-refractivity contribution in [1.29, 1.82) is 0 Å². The summed E-state index contributed by atoms with van der Waals surface area (Å²) in [5.41, 5.74) is 1.96. The maximum absolute atomic E-state index is 6.12. The maximum Gasteiger partial charge on any atom is 0.161 e. The average molecular weight is 357 g/mol. The van der Waals surface area contributed by atoms with E-state index >= 15 is 0 Å². The number of nitrogens with one attached hydrogen (secondary N) is 1. The fourth-order valence-corrected chi connectivity index (χ4v) is 2.49. The van der Waals surface area contributed by atoms with E-state index in [1.54, 1.807) is 14.2 Å². The van der Waals surface area contributed by atoms with Crippen molar-refractivity contribution in [3.8, 4) is 11.5 Å². The molecule has 0 saturated heterocycles. The first-order chi connectivity index (χ1) is 9.65. The van der Waals surface area contributed by atoms with Gasteiger partial charge in [0.05, 0.1) is 24.9 Å². The average Bonchev–Trinajstić information content (AvgIpc) is 2.47. The molecule has 0 heterocycles. The van der Waals surface area contributed by atoms with Crippen LogP contribution < -0.4 is 14.8 Å². The quantitative estimate of drug-likeness (QED) is 0.840. The molecule has 0 radical (unpaired) electrons. The largest absolute Gasteiger partial charge is 0.493 e. The number of para-hydroxylation sites is 1. The smallest absolute Gasteiger partial charge is 0.161 e. The van der Waals surface area contributed by atoms with Crippen LogP contribution in [0.25, 0.3) is 0 Å².